The van der Waals surface area contributed by atoms with Crippen LogP contribution < -0.4 is 10.6 Å². The number of nitrogens with zero attached hydrogens (tertiary/aromatic N) is 2. The van der Waals surface area contributed by atoms with Gasteiger partial charge in [-0.05, 0) is 36.5 Å². The van der Waals surface area contributed by atoms with Crippen molar-refractivity contribution in [2.45, 2.75) is 19.3 Å². The van der Waals surface area contributed by atoms with Crippen molar-refractivity contribution in [1.29, 1.82) is 0 Å². The Balaban J connectivity index is 1.50. The molecule has 0 aliphatic carbocycles. The van der Waals surface area contributed by atoms with Crippen LogP contribution in [-0.4, -0.2) is 36.6 Å². The summed E-state index contributed by atoms with van der Waals surface area (Å²) in [6.45, 7) is 1.37. The monoisotopic (exact) mass is 353 g/mol. The van der Waals surface area contributed by atoms with Gasteiger partial charge in [-0.1, -0.05) is 30.3 Å². The van der Waals surface area contributed by atoms with Gasteiger partial charge in [0.15, 0.2) is 6.61 Å². The summed E-state index contributed by atoms with van der Waals surface area (Å²) in [6.07, 6.45) is 4.03. The molecule has 0 atom stereocenters. The Hall–Kier alpha value is -2.89. The lowest BCUT2D eigenvalue weighted by Crippen LogP contribution is -2.35. The molecular formula is C20H23N3O3. The quantitative estimate of drug-likeness (QED) is 0.806. The second-order valence-corrected chi connectivity index (χ2v) is 6.53. The molecule has 136 valence electrons. The third kappa shape index (κ3) is 4.81. The molecule has 2 heterocycles. The first kappa shape index (κ1) is 17.9. The highest BCUT2D eigenvalue weighted by Crippen LogP contribution is 2.26. The minimum atomic E-state index is -0.627. The summed E-state index contributed by atoms with van der Waals surface area (Å²) in [6, 6.07) is 14.3. The Morgan fingerprint density at radius 3 is 2.42 bits per heavy atom. The van der Waals surface area contributed by atoms with E-state index in [1.54, 1.807) is 0 Å². The van der Waals surface area contributed by atoms with Crippen molar-refractivity contribution in [2.75, 3.05) is 24.6 Å². The number of aromatic nitrogens is 1. The zero-order chi connectivity index (χ0) is 18.4. The van der Waals surface area contributed by atoms with Crippen LogP contribution >= 0.6 is 0 Å². The lowest BCUT2D eigenvalue weighted by molar-refractivity contribution is -0.148. The normalized spacial score (nSPS) is 14.8. The molecule has 0 unspecified atom stereocenters. The van der Waals surface area contributed by atoms with Crippen LogP contribution in [0, 0.1) is 5.92 Å². The summed E-state index contributed by atoms with van der Waals surface area (Å²) < 4.78 is 4.83. The molecule has 3 rings (SSSR count). The van der Waals surface area contributed by atoms with Gasteiger partial charge >= 0.3 is 5.97 Å². The first-order chi connectivity index (χ1) is 12.6. The molecule has 1 aliphatic heterocycles. The molecule has 0 bridgehead atoms. The van der Waals surface area contributed by atoms with Crippen molar-refractivity contribution in [3.8, 4) is 11.1 Å². The van der Waals surface area contributed by atoms with E-state index in [0.717, 1.165) is 42.9 Å². The van der Waals surface area contributed by atoms with Gasteiger partial charge in [-0.2, -0.15) is 0 Å². The fourth-order valence-electron chi connectivity index (χ4n) is 3.19. The highest BCUT2D eigenvalue weighted by atomic mass is 16.5. The molecule has 1 amide bonds. The zero-order valence-corrected chi connectivity index (χ0v) is 14.6. The maximum absolute atomic E-state index is 11.7. The number of benzene rings is 1. The Morgan fingerprint density at radius 2 is 1.81 bits per heavy atom. The summed E-state index contributed by atoms with van der Waals surface area (Å²) in [4.78, 5) is 29.2. The second-order valence-electron chi connectivity index (χ2n) is 6.53. The molecule has 1 aliphatic rings. The minimum absolute atomic E-state index is 0.273. The van der Waals surface area contributed by atoms with Crippen molar-refractivity contribution >= 4 is 17.7 Å². The van der Waals surface area contributed by atoms with E-state index in [1.807, 2.05) is 30.5 Å². The number of hydrogen-bond acceptors (Lipinski definition) is 5. The van der Waals surface area contributed by atoms with Crippen LogP contribution in [0.1, 0.15) is 19.3 Å². The number of primary amides is 1. The molecule has 2 N–H and O–H groups in total. The van der Waals surface area contributed by atoms with Crippen LogP contribution in [0.3, 0.4) is 0 Å². The highest BCUT2D eigenvalue weighted by Gasteiger charge is 2.23. The molecule has 1 aromatic heterocycles. The zero-order valence-electron chi connectivity index (χ0n) is 14.6. The predicted molar refractivity (Wildman–Crippen MR) is 99.4 cm³/mol. The SMILES string of the molecule is NC(=O)COC(=O)CC1CCN(c2ccc(-c3ccccc3)cn2)CC1. The van der Waals surface area contributed by atoms with Gasteiger partial charge in [0.05, 0.1) is 0 Å². The molecule has 1 aromatic carbocycles. The number of nitrogens with two attached hydrogens (primary N) is 1. The Labute approximate surface area is 153 Å². The molecular weight excluding hydrogens is 330 g/mol. The molecule has 6 nitrogen and oxygen atoms in total. The number of esters is 1. The number of anilines is 1. The van der Waals surface area contributed by atoms with Crippen molar-refractivity contribution in [3.05, 3.63) is 48.7 Å². The first-order valence-corrected chi connectivity index (χ1v) is 8.82. The van der Waals surface area contributed by atoms with Gasteiger partial charge in [-0.3, -0.25) is 9.59 Å². The molecule has 0 saturated carbocycles. The van der Waals surface area contributed by atoms with Crippen molar-refractivity contribution in [1.82, 2.24) is 4.98 Å². The molecule has 1 saturated heterocycles. The standard InChI is InChI=1S/C20H23N3O3/c21-18(24)14-26-20(25)12-15-8-10-23(11-9-15)19-7-6-17(13-22-19)16-4-2-1-3-5-16/h1-7,13,15H,8-12,14H2,(H2,21,24). The van der Waals surface area contributed by atoms with Crippen LogP contribution in [0.25, 0.3) is 11.1 Å². The van der Waals surface area contributed by atoms with Gasteiger partial charge in [0.1, 0.15) is 5.82 Å². The largest absolute Gasteiger partial charge is 0.456 e. The summed E-state index contributed by atoms with van der Waals surface area (Å²) in [5.74, 6) is 0.250. The summed E-state index contributed by atoms with van der Waals surface area (Å²) in [5, 5.41) is 0. The van der Waals surface area contributed by atoms with E-state index in [2.05, 4.69) is 28.1 Å². The summed E-state index contributed by atoms with van der Waals surface area (Å²) >= 11 is 0. The van der Waals surface area contributed by atoms with Crippen LogP contribution in [0.4, 0.5) is 5.82 Å². The van der Waals surface area contributed by atoms with E-state index < -0.39 is 5.91 Å². The van der Waals surface area contributed by atoms with Gasteiger partial charge in [0.25, 0.3) is 5.91 Å². The first-order valence-electron chi connectivity index (χ1n) is 8.82. The maximum atomic E-state index is 11.7. The number of amides is 1. The predicted octanol–water partition coefficient (Wildman–Crippen LogP) is 2.38. The van der Waals surface area contributed by atoms with Gasteiger partial charge in [-0.25, -0.2) is 4.98 Å². The minimum Gasteiger partial charge on any atom is -0.456 e. The van der Waals surface area contributed by atoms with Crippen LogP contribution in [-0.2, 0) is 14.3 Å². The highest BCUT2D eigenvalue weighted by molar-refractivity contribution is 5.79. The number of carbonyl (C=O) groups is 2. The number of pyridine rings is 1. The fraction of sp³-hybridized carbons (Fsp3) is 0.350. The molecule has 26 heavy (non-hydrogen) atoms. The molecule has 6 heteroatoms. The average Bonchev–Trinajstić information content (AvgIpc) is 2.68. The van der Waals surface area contributed by atoms with E-state index in [1.165, 1.54) is 0 Å². The Kier molecular flexibility index (Phi) is 5.84. The van der Waals surface area contributed by atoms with E-state index in [-0.39, 0.29) is 18.5 Å². The van der Waals surface area contributed by atoms with Gasteiger partial charge in [0.2, 0.25) is 0 Å². The van der Waals surface area contributed by atoms with Crippen molar-refractivity contribution in [3.63, 3.8) is 0 Å². The topological polar surface area (TPSA) is 85.5 Å². The third-order valence-corrected chi connectivity index (χ3v) is 4.62. The lowest BCUT2D eigenvalue weighted by atomic mass is 9.93. The van der Waals surface area contributed by atoms with Crippen LogP contribution in [0.5, 0.6) is 0 Å². The number of rotatable bonds is 6. The average molecular weight is 353 g/mol. The van der Waals surface area contributed by atoms with Crippen LogP contribution in [0.2, 0.25) is 0 Å². The van der Waals surface area contributed by atoms with E-state index in [0.29, 0.717) is 6.42 Å². The van der Waals surface area contributed by atoms with Gasteiger partial charge in [-0.15, -0.1) is 0 Å². The summed E-state index contributed by atoms with van der Waals surface area (Å²) in [5.41, 5.74) is 7.23. The molecule has 1 fully saturated rings. The fourth-order valence-corrected chi connectivity index (χ4v) is 3.19. The van der Waals surface area contributed by atoms with Crippen LogP contribution in [0.15, 0.2) is 48.7 Å². The number of piperidine rings is 1. The lowest BCUT2D eigenvalue weighted by Gasteiger charge is -2.32. The number of hydrogen-bond donors (Lipinski definition) is 1. The molecule has 2 aromatic rings. The number of carbonyl (C=O) groups excluding carboxylic acids is 2. The smallest absolute Gasteiger partial charge is 0.306 e. The Morgan fingerprint density at radius 1 is 1.08 bits per heavy atom. The van der Waals surface area contributed by atoms with Crippen molar-refractivity contribution < 1.29 is 14.3 Å². The van der Waals surface area contributed by atoms with Gasteiger partial charge in [0, 0.05) is 31.3 Å². The van der Waals surface area contributed by atoms with E-state index in [9.17, 15) is 9.59 Å². The maximum Gasteiger partial charge on any atom is 0.306 e. The van der Waals surface area contributed by atoms with Crippen molar-refractivity contribution in [2.24, 2.45) is 11.7 Å². The number of ether oxygens (including phenoxy) is 1. The van der Waals surface area contributed by atoms with E-state index >= 15 is 0 Å². The van der Waals surface area contributed by atoms with Gasteiger partial charge < -0.3 is 15.4 Å². The molecule has 0 spiro atoms. The second kappa shape index (κ2) is 8.47. The Bertz CT molecular complexity index is 739. The third-order valence-electron chi connectivity index (χ3n) is 4.62. The van der Waals surface area contributed by atoms with E-state index in [4.69, 9.17) is 10.5 Å². The molecule has 0 radical (unpaired) electrons. The summed E-state index contributed by atoms with van der Waals surface area (Å²) in [7, 11) is 0.